The molecule has 2 aromatic heterocycles. The molecular formula is C34H26N2OS. The number of hydrogen-bond acceptors (Lipinski definition) is 4. The van der Waals surface area contributed by atoms with E-state index in [1.54, 1.807) is 11.3 Å². The van der Waals surface area contributed by atoms with Crippen molar-refractivity contribution in [3.05, 3.63) is 137 Å². The largest absolute Gasteiger partial charge is 0.456 e. The minimum Gasteiger partial charge on any atom is -0.456 e. The van der Waals surface area contributed by atoms with Crippen molar-refractivity contribution in [3.8, 4) is 11.1 Å². The van der Waals surface area contributed by atoms with E-state index in [2.05, 4.69) is 122 Å². The summed E-state index contributed by atoms with van der Waals surface area (Å²) in [7, 11) is 0. The normalized spacial score (nSPS) is 12.4. The van der Waals surface area contributed by atoms with Crippen LogP contribution < -0.4 is 11.3 Å². The molecule has 0 bridgehead atoms. The summed E-state index contributed by atoms with van der Waals surface area (Å²) in [4.78, 5) is 1.19. The first-order valence-electron chi connectivity index (χ1n) is 12.8. The van der Waals surface area contributed by atoms with Gasteiger partial charge in [0.05, 0.1) is 5.69 Å². The Hall–Kier alpha value is -4.38. The van der Waals surface area contributed by atoms with Crippen molar-refractivity contribution in [3.63, 3.8) is 0 Å². The average Bonchev–Trinajstić information content (AvgIpc) is 3.52. The fourth-order valence-electron chi connectivity index (χ4n) is 5.61. The van der Waals surface area contributed by atoms with E-state index in [-0.39, 0.29) is 5.92 Å². The minimum atomic E-state index is -0.0233. The number of furan rings is 1. The van der Waals surface area contributed by atoms with Crippen LogP contribution in [0.4, 0.5) is 5.69 Å². The molecule has 0 saturated carbocycles. The number of fused-ring (bicyclic) bond motifs is 4. The first kappa shape index (κ1) is 22.8. The molecule has 3 nitrogen and oxygen atoms in total. The van der Waals surface area contributed by atoms with Crippen molar-refractivity contribution in [2.24, 2.45) is 5.84 Å². The van der Waals surface area contributed by atoms with Gasteiger partial charge < -0.3 is 9.84 Å². The van der Waals surface area contributed by atoms with Gasteiger partial charge in [0.1, 0.15) is 11.2 Å². The Morgan fingerprint density at radius 3 is 2.29 bits per heavy atom. The summed E-state index contributed by atoms with van der Waals surface area (Å²) in [6, 6.07) is 40.6. The Bertz CT molecular complexity index is 1920. The summed E-state index contributed by atoms with van der Waals surface area (Å²) in [5.74, 6) is 6.26. The summed E-state index contributed by atoms with van der Waals surface area (Å²) in [6.07, 6.45) is 0. The second kappa shape index (κ2) is 9.18. The Morgan fingerprint density at radius 1 is 0.711 bits per heavy atom. The van der Waals surface area contributed by atoms with Crippen LogP contribution in [0.15, 0.2) is 120 Å². The van der Waals surface area contributed by atoms with Gasteiger partial charge in [-0.05, 0) is 59.5 Å². The first-order valence-corrected chi connectivity index (χ1v) is 13.6. The van der Waals surface area contributed by atoms with Gasteiger partial charge in [-0.25, -0.2) is 0 Å². The van der Waals surface area contributed by atoms with Gasteiger partial charge in [0.25, 0.3) is 0 Å². The molecule has 0 aliphatic heterocycles. The molecule has 0 spiro atoms. The number of anilines is 1. The average molecular weight is 511 g/mol. The van der Waals surface area contributed by atoms with Crippen molar-refractivity contribution < 1.29 is 4.42 Å². The molecule has 1 atom stereocenters. The summed E-state index contributed by atoms with van der Waals surface area (Å²) in [6.45, 7) is 2.13. The van der Waals surface area contributed by atoms with Crippen LogP contribution in [0.1, 0.15) is 27.5 Å². The van der Waals surface area contributed by atoms with E-state index in [1.165, 1.54) is 37.4 Å². The topological polar surface area (TPSA) is 51.2 Å². The van der Waals surface area contributed by atoms with Crippen molar-refractivity contribution >= 4 is 49.0 Å². The Balaban J connectivity index is 1.52. The molecule has 5 aromatic carbocycles. The van der Waals surface area contributed by atoms with E-state index in [9.17, 15) is 0 Å². The highest BCUT2D eigenvalue weighted by atomic mass is 32.1. The van der Waals surface area contributed by atoms with Gasteiger partial charge in [-0.1, -0.05) is 90.5 Å². The van der Waals surface area contributed by atoms with E-state index < -0.39 is 0 Å². The number of nitrogens with one attached hydrogen (secondary N) is 1. The van der Waals surface area contributed by atoms with E-state index in [0.717, 1.165) is 33.0 Å². The SMILES string of the molecule is Cc1ccc2oc3cccc(C(c4ccccc4)c4sc5ccc(-c6ccccc6)cc5c4NN)c3c2c1. The molecule has 7 aromatic rings. The first-order chi connectivity index (χ1) is 18.7. The smallest absolute Gasteiger partial charge is 0.135 e. The predicted octanol–water partition coefficient (Wildman–Crippen LogP) is 9.24. The third-order valence-corrected chi connectivity index (χ3v) is 8.59. The van der Waals surface area contributed by atoms with Crippen molar-refractivity contribution in [2.75, 3.05) is 5.43 Å². The van der Waals surface area contributed by atoms with E-state index in [0.29, 0.717) is 0 Å². The summed E-state index contributed by atoms with van der Waals surface area (Å²) >= 11 is 1.80. The van der Waals surface area contributed by atoms with Gasteiger partial charge in [0, 0.05) is 31.7 Å². The lowest BCUT2D eigenvalue weighted by molar-refractivity contribution is 0.668. The fourth-order valence-corrected chi connectivity index (χ4v) is 6.90. The number of benzene rings is 5. The number of nitrogen functional groups attached to an aromatic ring is 1. The maximum absolute atomic E-state index is 6.31. The zero-order chi connectivity index (χ0) is 25.6. The molecule has 0 saturated heterocycles. The highest BCUT2D eigenvalue weighted by Crippen LogP contribution is 2.48. The molecule has 2 heterocycles. The fraction of sp³-hybridized carbons (Fsp3) is 0.0588. The highest BCUT2D eigenvalue weighted by Gasteiger charge is 2.27. The molecule has 184 valence electrons. The third kappa shape index (κ3) is 3.69. The standard InChI is InChI=1S/C34H26N2OS/c1-21-15-17-28-26(19-21)32-25(13-8-14-29(32)37-28)31(23-11-6-3-7-12-23)34-33(36-35)27-20-24(16-18-30(27)38-34)22-9-4-2-5-10-22/h2-20,31,36H,35H2,1H3. The minimum absolute atomic E-state index is 0.0233. The van der Waals surface area contributed by atoms with Crippen LogP contribution in [-0.2, 0) is 0 Å². The molecule has 0 aliphatic rings. The highest BCUT2D eigenvalue weighted by molar-refractivity contribution is 7.20. The third-order valence-electron chi connectivity index (χ3n) is 7.36. The zero-order valence-corrected chi connectivity index (χ0v) is 21.8. The lowest BCUT2D eigenvalue weighted by Crippen LogP contribution is -2.11. The number of hydrazine groups is 1. The molecule has 4 heteroatoms. The number of thiophene rings is 1. The van der Waals surface area contributed by atoms with Gasteiger partial charge in [-0.2, -0.15) is 0 Å². The number of rotatable bonds is 5. The van der Waals surface area contributed by atoms with E-state index >= 15 is 0 Å². The summed E-state index contributed by atoms with van der Waals surface area (Å²) in [5, 5.41) is 3.44. The lowest BCUT2D eigenvalue weighted by Gasteiger charge is -2.20. The van der Waals surface area contributed by atoms with Crippen LogP contribution in [0, 0.1) is 6.92 Å². The molecule has 0 radical (unpaired) electrons. The molecule has 1 unspecified atom stereocenters. The maximum atomic E-state index is 6.31. The van der Waals surface area contributed by atoms with E-state index in [4.69, 9.17) is 10.3 Å². The van der Waals surface area contributed by atoms with Gasteiger partial charge >= 0.3 is 0 Å². The monoisotopic (exact) mass is 510 g/mol. The van der Waals surface area contributed by atoms with E-state index in [1.807, 2.05) is 6.07 Å². The predicted molar refractivity (Wildman–Crippen MR) is 161 cm³/mol. The van der Waals surface area contributed by atoms with Crippen LogP contribution in [-0.4, -0.2) is 0 Å². The number of aryl methyl sites for hydroxylation is 1. The lowest BCUT2D eigenvalue weighted by atomic mass is 9.86. The van der Waals surface area contributed by atoms with Crippen LogP contribution in [0.5, 0.6) is 0 Å². The molecule has 0 aliphatic carbocycles. The van der Waals surface area contributed by atoms with Crippen molar-refractivity contribution in [1.29, 1.82) is 0 Å². The second-order valence-corrected chi connectivity index (χ2v) is 10.8. The zero-order valence-electron chi connectivity index (χ0n) is 20.9. The van der Waals surface area contributed by atoms with Gasteiger partial charge in [-0.3, -0.25) is 5.84 Å². The van der Waals surface area contributed by atoms with Crippen LogP contribution in [0.3, 0.4) is 0 Å². The van der Waals surface area contributed by atoms with Gasteiger partial charge in [0.2, 0.25) is 0 Å². The Morgan fingerprint density at radius 2 is 1.50 bits per heavy atom. The van der Waals surface area contributed by atoms with Crippen molar-refractivity contribution in [2.45, 2.75) is 12.8 Å². The molecule has 3 N–H and O–H groups in total. The Kier molecular flexibility index (Phi) is 5.50. The molecule has 7 rings (SSSR count). The van der Waals surface area contributed by atoms with Crippen LogP contribution in [0.25, 0.3) is 43.2 Å². The number of nitrogens with two attached hydrogens (primary N) is 1. The van der Waals surface area contributed by atoms with Crippen LogP contribution in [0.2, 0.25) is 0 Å². The second-order valence-electron chi connectivity index (χ2n) is 9.73. The molecule has 38 heavy (non-hydrogen) atoms. The van der Waals surface area contributed by atoms with Crippen LogP contribution >= 0.6 is 11.3 Å². The molecular weight excluding hydrogens is 484 g/mol. The Labute approximate surface area is 225 Å². The maximum Gasteiger partial charge on any atom is 0.135 e. The summed E-state index contributed by atoms with van der Waals surface area (Å²) in [5.41, 5.74) is 11.9. The summed E-state index contributed by atoms with van der Waals surface area (Å²) < 4.78 is 7.52. The molecule has 0 fully saturated rings. The van der Waals surface area contributed by atoms with Gasteiger partial charge in [-0.15, -0.1) is 11.3 Å². The quantitative estimate of drug-likeness (QED) is 0.179. The van der Waals surface area contributed by atoms with Crippen molar-refractivity contribution in [1.82, 2.24) is 0 Å². The van der Waals surface area contributed by atoms with Gasteiger partial charge in [0.15, 0.2) is 0 Å². The number of hydrogen-bond donors (Lipinski definition) is 2. The molecule has 0 amide bonds.